The average Bonchev–Trinajstić information content (AvgIpc) is 2.56. The molecule has 5 atom stereocenters. The number of anilines is 1. The van der Waals surface area contributed by atoms with E-state index in [0.29, 0.717) is 0 Å². The molecule has 1 aromatic carbocycles. The van der Waals surface area contributed by atoms with Crippen LogP contribution in [0.3, 0.4) is 0 Å². The van der Waals surface area contributed by atoms with E-state index >= 15 is 0 Å². The first kappa shape index (κ1) is 19.0. The lowest BCUT2D eigenvalue weighted by Crippen LogP contribution is -2.61. The van der Waals surface area contributed by atoms with Crippen LogP contribution in [-0.4, -0.2) is 63.5 Å². The van der Waals surface area contributed by atoms with Crippen molar-refractivity contribution in [1.29, 1.82) is 0 Å². The molecule has 1 aromatic rings. The maximum Gasteiger partial charge on any atom is 0.335 e. The maximum atomic E-state index is 13.2. The SMILES string of the molecule is O=CNc1ccc(OC2OC(C(=O)O)C(O)C(O)C2O)c(C(F)F)c1. The van der Waals surface area contributed by atoms with Gasteiger partial charge in [0, 0.05) is 5.69 Å². The van der Waals surface area contributed by atoms with Gasteiger partial charge in [0.15, 0.2) is 6.10 Å². The number of carbonyl (C=O) groups excluding carboxylic acids is 1. The highest BCUT2D eigenvalue weighted by Gasteiger charge is 2.48. The van der Waals surface area contributed by atoms with Crippen molar-refractivity contribution in [2.45, 2.75) is 37.1 Å². The zero-order chi connectivity index (χ0) is 18.7. The van der Waals surface area contributed by atoms with Crippen molar-refractivity contribution in [1.82, 2.24) is 0 Å². The van der Waals surface area contributed by atoms with Gasteiger partial charge in [-0.15, -0.1) is 0 Å². The third kappa shape index (κ3) is 4.02. The molecule has 0 aromatic heterocycles. The molecule has 5 unspecified atom stereocenters. The molecule has 1 saturated heterocycles. The monoisotopic (exact) mass is 363 g/mol. The van der Waals surface area contributed by atoms with E-state index in [4.69, 9.17) is 14.6 Å². The number of amides is 1. The Balaban J connectivity index is 2.28. The smallest absolute Gasteiger partial charge is 0.335 e. The van der Waals surface area contributed by atoms with E-state index in [-0.39, 0.29) is 12.1 Å². The first-order valence-corrected chi connectivity index (χ1v) is 6.97. The van der Waals surface area contributed by atoms with Gasteiger partial charge in [-0.05, 0) is 18.2 Å². The second kappa shape index (κ2) is 7.70. The average molecular weight is 363 g/mol. The molecule has 1 fully saturated rings. The summed E-state index contributed by atoms with van der Waals surface area (Å²) in [6, 6.07) is 3.20. The van der Waals surface area contributed by atoms with Crippen molar-refractivity contribution in [2.24, 2.45) is 0 Å². The van der Waals surface area contributed by atoms with Gasteiger partial charge in [-0.1, -0.05) is 0 Å². The summed E-state index contributed by atoms with van der Waals surface area (Å²) in [5.41, 5.74) is -0.600. The zero-order valence-corrected chi connectivity index (χ0v) is 12.5. The first-order chi connectivity index (χ1) is 11.8. The predicted molar refractivity (Wildman–Crippen MR) is 76.0 cm³/mol. The number of alkyl halides is 2. The molecule has 0 spiro atoms. The van der Waals surface area contributed by atoms with E-state index in [0.717, 1.165) is 12.1 Å². The van der Waals surface area contributed by atoms with Crippen LogP contribution in [-0.2, 0) is 14.3 Å². The lowest BCUT2D eigenvalue weighted by molar-refractivity contribution is -0.271. The summed E-state index contributed by atoms with van der Waals surface area (Å²) in [6.07, 6.45) is -12.2. The van der Waals surface area contributed by atoms with Gasteiger partial charge >= 0.3 is 5.97 Å². The number of hydrogen-bond donors (Lipinski definition) is 5. The Hall–Kier alpha value is -2.34. The van der Waals surface area contributed by atoms with Crippen molar-refractivity contribution in [3.05, 3.63) is 23.8 Å². The van der Waals surface area contributed by atoms with Crippen molar-refractivity contribution >= 4 is 18.1 Å². The summed E-state index contributed by atoms with van der Waals surface area (Å²) < 4.78 is 36.3. The number of carbonyl (C=O) groups is 2. The predicted octanol–water partition coefficient (Wildman–Crippen LogP) is -0.537. The summed E-state index contributed by atoms with van der Waals surface area (Å²) in [4.78, 5) is 21.4. The number of hydrogen-bond acceptors (Lipinski definition) is 7. The van der Waals surface area contributed by atoms with Gasteiger partial charge in [-0.2, -0.15) is 0 Å². The molecule has 0 bridgehead atoms. The van der Waals surface area contributed by atoms with E-state index < -0.39 is 54.4 Å². The number of rotatable bonds is 6. The number of carboxylic acid groups (broad SMARTS) is 1. The van der Waals surface area contributed by atoms with Crippen molar-refractivity contribution in [3.8, 4) is 5.75 Å². The minimum absolute atomic E-state index is 0.0571. The lowest BCUT2D eigenvalue weighted by atomic mass is 9.99. The molecule has 2 rings (SSSR count). The summed E-state index contributed by atoms with van der Waals surface area (Å²) in [6.45, 7) is 0. The number of aliphatic hydroxyl groups is 3. The molecule has 5 N–H and O–H groups in total. The molecule has 25 heavy (non-hydrogen) atoms. The Morgan fingerprint density at radius 2 is 1.92 bits per heavy atom. The van der Waals surface area contributed by atoms with Gasteiger partial charge in [0.05, 0.1) is 5.56 Å². The standard InChI is InChI=1S/C14H15F2NO8/c15-12(16)6-3-5(17-4-18)1-2-7(6)24-14-10(21)8(19)9(20)11(25-14)13(22)23/h1-4,8-12,14,19-21H,(H,17,18)(H,22,23). The fourth-order valence-corrected chi connectivity index (χ4v) is 2.26. The van der Waals surface area contributed by atoms with Crippen LogP contribution >= 0.6 is 0 Å². The highest BCUT2D eigenvalue weighted by atomic mass is 19.3. The van der Waals surface area contributed by atoms with Gasteiger partial charge in [0.25, 0.3) is 6.43 Å². The van der Waals surface area contributed by atoms with Crippen LogP contribution in [0.15, 0.2) is 18.2 Å². The highest BCUT2D eigenvalue weighted by Crippen LogP contribution is 2.34. The highest BCUT2D eigenvalue weighted by molar-refractivity contribution is 5.73. The normalized spacial score (nSPS) is 29.3. The van der Waals surface area contributed by atoms with Crippen molar-refractivity contribution in [2.75, 3.05) is 5.32 Å². The summed E-state index contributed by atoms with van der Waals surface area (Å²) in [7, 11) is 0. The van der Waals surface area contributed by atoms with Crippen LogP contribution in [0.25, 0.3) is 0 Å². The zero-order valence-electron chi connectivity index (χ0n) is 12.5. The van der Waals surface area contributed by atoms with Gasteiger partial charge in [0.1, 0.15) is 24.1 Å². The molecule has 1 heterocycles. The van der Waals surface area contributed by atoms with Gasteiger partial charge in [-0.25, -0.2) is 13.6 Å². The fourth-order valence-electron chi connectivity index (χ4n) is 2.26. The Kier molecular flexibility index (Phi) is 5.85. The molecule has 138 valence electrons. The molecule has 0 saturated carbocycles. The molecule has 0 aliphatic carbocycles. The third-order valence-electron chi connectivity index (χ3n) is 3.53. The fraction of sp³-hybridized carbons (Fsp3) is 0.429. The minimum Gasteiger partial charge on any atom is -0.479 e. The number of ether oxygens (including phenoxy) is 2. The Bertz CT molecular complexity index is 643. The van der Waals surface area contributed by atoms with Gasteiger partial charge < -0.3 is 35.2 Å². The molecular formula is C14H15F2NO8. The summed E-state index contributed by atoms with van der Waals surface area (Å²) >= 11 is 0. The van der Waals surface area contributed by atoms with Gasteiger partial charge in [0.2, 0.25) is 12.7 Å². The lowest BCUT2D eigenvalue weighted by Gasteiger charge is -2.38. The molecule has 1 amide bonds. The number of benzene rings is 1. The number of nitrogens with one attached hydrogen (secondary N) is 1. The van der Waals surface area contributed by atoms with E-state index in [2.05, 4.69) is 5.32 Å². The summed E-state index contributed by atoms with van der Waals surface area (Å²) in [5.74, 6) is -2.09. The Morgan fingerprint density at radius 3 is 2.48 bits per heavy atom. The molecule has 0 radical (unpaired) electrons. The van der Waals surface area contributed by atoms with E-state index in [1.54, 1.807) is 0 Å². The largest absolute Gasteiger partial charge is 0.479 e. The summed E-state index contributed by atoms with van der Waals surface area (Å²) in [5, 5.41) is 40.2. The maximum absolute atomic E-state index is 13.2. The molecular weight excluding hydrogens is 348 g/mol. The molecule has 1 aliphatic heterocycles. The third-order valence-corrected chi connectivity index (χ3v) is 3.53. The number of aliphatic hydroxyl groups excluding tert-OH is 3. The van der Waals surface area contributed by atoms with Crippen LogP contribution in [0.2, 0.25) is 0 Å². The molecule has 1 aliphatic rings. The van der Waals surface area contributed by atoms with E-state index in [1.807, 2.05) is 0 Å². The van der Waals surface area contributed by atoms with E-state index in [1.165, 1.54) is 6.07 Å². The Labute approximate surface area is 139 Å². The molecule has 11 heteroatoms. The van der Waals surface area contributed by atoms with Crippen LogP contribution in [0.1, 0.15) is 12.0 Å². The second-order valence-electron chi connectivity index (χ2n) is 5.17. The number of aliphatic carboxylic acids is 1. The second-order valence-corrected chi connectivity index (χ2v) is 5.17. The molecule has 9 nitrogen and oxygen atoms in total. The van der Waals surface area contributed by atoms with Crippen LogP contribution in [0.5, 0.6) is 5.75 Å². The number of halogens is 2. The van der Waals surface area contributed by atoms with Gasteiger partial charge in [-0.3, -0.25) is 4.79 Å². The topological polar surface area (TPSA) is 146 Å². The van der Waals surface area contributed by atoms with Crippen LogP contribution in [0, 0.1) is 0 Å². The first-order valence-electron chi connectivity index (χ1n) is 6.97. The van der Waals surface area contributed by atoms with Crippen LogP contribution in [0.4, 0.5) is 14.5 Å². The van der Waals surface area contributed by atoms with Crippen molar-refractivity contribution in [3.63, 3.8) is 0 Å². The van der Waals surface area contributed by atoms with E-state index in [9.17, 15) is 33.7 Å². The van der Waals surface area contributed by atoms with Crippen molar-refractivity contribution < 1.29 is 48.3 Å². The Morgan fingerprint density at radius 1 is 1.24 bits per heavy atom. The van der Waals surface area contributed by atoms with Crippen LogP contribution < -0.4 is 10.1 Å². The number of carboxylic acids is 1. The quantitative estimate of drug-likeness (QED) is 0.424. The minimum atomic E-state index is -3.02.